The minimum atomic E-state index is 0.0307. The second-order valence-corrected chi connectivity index (χ2v) is 8.27. The highest BCUT2D eigenvalue weighted by atomic mass is 32.1. The Morgan fingerprint density at radius 3 is 2.66 bits per heavy atom. The summed E-state index contributed by atoms with van der Waals surface area (Å²) in [7, 11) is 0. The Morgan fingerprint density at radius 1 is 1.00 bits per heavy atom. The van der Waals surface area contributed by atoms with Gasteiger partial charge >= 0.3 is 0 Å². The van der Waals surface area contributed by atoms with Gasteiger partial charge in [0.25, 0.3) is 5.91 Å². The van der Waals surface area contributed by atoms with Gasteiger partial charge in [0.2, 0.25) is 5.91 Å². The number of hydrogen-bond acceptors (Lipinski definition) is 3. The molecule has 2 amide bonds. The van der Waals surface area contributed by atoms with Crippen molar-refractivity contribution in [3.8, 4) is 0 Å². The van der Waals surface area contributed by atoms with Crippen LogP contribution in [-0.2, 0) is 24.2 Å². The summed E-state index contributed by atoms with van der Waals surface area (Å²) in [5, 5.41) is 4.94. The molecule has 0 radical (unpaired) electrons. The van der Waals surface area contributed by atoms with E-state index in [1.807, 2.05) is 52.7 Å². The molecule has 4 nitrogen and oxygen atoms in total. The molecule has 2 heterocycles. The van der Waals surface area contributed by atoms with Crippen LogP contribution in [0.5, 0.6) is 0 Å². The third-order valence-electron chi connectivity index (χ3n) is 5.23. The van der Waals surface area contributed by atoms with Crippen LogP contribution in [0, 0.1) is 0 Å². The average Bonchev–Trinajstić information content (AvgIpc) is 3.28. The lowest BCUT2D eigenvalue weighted by Gasteiger charge is -2.29. The van der Waals surface area contributed by atoms with Gasteiger partial charge in [-0.2, -0.15) is 0 Å². The van der Waals surface area contributed by atoms with Gasteiger partial charge in [0.1, 0.15) is 0 Å². The van der Waals surface area contributed by atoms with E-state index in [9.17, 15) is 9.59 Å². The van der Waals surface area contributed by atoms with Crippen molar-refractivity contribution in [2.24, 2.45) is 0 Å². The monoisotopic (exact) mass is 404 g/mol. The Labute approximate surface area is 175 Å². The number of amides is 2. The zero-order chi connectivity index (χ0) is 20.1. The quantitative estimate of drug-likeness (QED) is 0.635. The molecule has 4 rings (SSSR count). The number of anilines is 1. The van der Waals surface area contributed by atoms with Crippen LogP contribution in [0.25, 0.3) is 0 Å². The van der Waals surface area contributed by atoms with Crippen LogP contribution in [-0.4, -0.2) is 23.3 Å². The van der Waals surface area contributed by atoms with Gasteiger partial charge < -0.3 is 10.2 Å². The van der Waals surface area contributed by atoms with Crippen LogP contribution in [0.2, 0.25) is 0 Å². The molecule has 1 N–H and O–H groups in total. The van der Waals surface area contributed by atoms with Gasteiger partial charge in [-0.05, 0) is 59.5 Å². The molecule has 0 unspecified atom stereocenters. The van der Waals surface area contributed by atoms with Crippen LogP contribution in [0.15, 0.2) is 66.0 Å². The number of rotatable bonds is 6. The zero-order valence-corrected chi connectivity index (χ0v) is 17.1. The second kappa shape index (κ2) is 9.05. The molecule has 0 spiro atoms. The fraction of sp³-hybridized carbons (Fsp3) is 0.250. The van der Waals surface area contributed by atoms with Crippen LogP contribution in [0.4, 0.5) is 5.69 Å². The molecule has 0 bridgehead atoms. The van der Waals surface area contributed by atoms with Gasteiger partial charge in [0, 0.05) is 25.2 Å². The largest absolute Gasteiger partial charge is 0.333 e. The first-order valence-electron chi connectivity index (χ1n) is 9.97. The number of carbonyl (C=O) groups is 2. The highest BCUT2D eigenvalue weighted by molar-refractivity contribution is 7.12. The van der Waals surface area contributed by atoms with Crippen molar-refractivity contribution in [2.75, 3.05) is 11.9 Å². The van der Waals surface area contributed by atoms with Gasteiger partial charge in [-0.1, -0.05) is 42.5 Å². The fourth-order valence-electron chi connectivity index (χ4n) is 3.69. The van der Waals surface area contributed by atoms with Crippen molar-refractivity contribution in [3.05, 3.63) is 87.6 Å². The van der Waals surface area contributed by atoms with Crippen LogP contribution >= 0.6 is 11.3 Å². The summed E-state index contributed by atoms with van der Waals surface area (Å²) in [6, 6.07) is 20.0. The standard InChI is InChI=1S/C24H24N2O2S/c27-23(10-4-8-18-6-2-1-3-7-18)25-21-12-11-19-13-14-26(17-20(19)16-21)24(28)22-9-5-15-29-22/h1-3,5-7,9,11-12,15-16H,4,8,10,13-14,17H2,(H,25,27). The Hall–Kier alpha value is -2.92. The Morgan fingerprint density at radius 2 is 1.86 bits per heavy atom. The number of thiophene rings is 1. The number of aryl methyl sites for hydroxylation is 1. The van der Waals surface area contributed by atoms with E-state index in [0.29, 0.717) is 13.0 Å². The van der Waals surface area contributed by atoms with E-state index in [2.05, 4.69) is 23.5 Å². The van der Waals surface area contributed by atoms with Crippen LogP contribution in [0.1, 0.15) is 39.2 Å². The van der Waals surface area contributed by atoms with E-state index in [0.717, 1.165) is 41.9 Å². The Balaban J connectivity index is 1.33. The molecular formula is C24H24N2O2S. The third-order valence-corrected chi connectivity index (χ3v) is 6.09. The van der Waals surface area contributed by atoms with E-state index in [1.165, 1.54) is 22.5 Å². The number of nitrogens with one attached hydrogen (secondary N) is 1. The Kier molecular flexibility index (Phi) is 6.06. The molecule has 1 aliphatic heterocycles. The molecule has 29 heavy (non-hydrogen) atoms. The summed E-state index contributed by atoms with van der Waals surface area (Å²) in [5.74, 6) is 0.115. The molecule has 0 aliphatic carbocycles. The van der Waals surface area contributed by atoms with E-state index < -0.39 is 0 Å². The van der Waals surface area contributed by atoms with Crippen LogP contribution in [0.3, 0.4) is 0 Å². The van der Waals surface area contributed by atoms with Crippen molar-refractivity contribution in [3.63, 3.8) is 0 Å². The maximum atomic E-state index is 12.6. The summed E-state index contributed by atoms with van der Waals surface area (Å²) < 4.78 is 0. The summed E-state index contributed by atoms with van der Waals surface area (Å²) in [6.07, 6.45) is 3.06. The maximum absolute atomic E-state index is 12.6. The lowest BCUT2D eigenvalue weighted by atomic mass is 9.98. The molecule has 0 fully saturated rings. The van der Waals surface area contributed by atoms with E-state index in [4.69, 9.17) is 0 Å². The number of fused-ring (bicyclic) bond motifs is 1. The molecular weight excluding hydrogens is 380 g/mol. The van der Waals surface area contributed by atoms with E-state index in [1.54, 1.807) is 0 Å². The smallest absolute Gasteiger partial charge is 0.264 e. The van der Waals surface area contributed by atoms with Crippen molar-refractivity contribution in [1.82, 2.24) is 4.90 Å². The highest BCUT2D eigenvalue weighted by Gasteiger charge is 2.22. The molecule has 148 valence electrons. The van der Waals surface area contributed by atoms with Crippen molar-refractivity contribution < 1.29 is 9.59 Å². The fourth-order valence-corrected chi connectivity index (χ4v) is 4.38. The molecule has 0 saturated carbocycles. The third kappa shape index (κ3) is 4.93. The number of carbonyl (C=O) groups excluding carboxylic acids is 2. The summed E-state index contributed by atoms with van der Waals surface area (Å²) in [4.78, 5) is 27.6. The van der Waals surface area contributed by atoms with Gasteiger partial charge in [0.15, 0.2) is 0 Å². The van der Waals surface area contributed by atoms with Crippen molar-refractivity contribution in [1.29, 1.82) is 0 Å². The molecule has 3 aromatic rings. The van der Waals surface area contributed by atoms with Crippen molar-refractivity contribution in [2.45, 2.75) is 32.2 Å². The first kappa shape index (κ1) is 19.4. The molecule has 0 atom stereocenters. The summed E-state index contributed by atoms with van der Waals surface area (Å²) in [5.41, 5.74) is 4.43. The summed E-state index contributed by atoms with van der Waals surface area (Å²) >= 11 is 1.48. The minimum Gasteiger partial charge on any atom is -0.333 e. The number of hydrogen-bond donors (Lipinski definition) is 1. The molecule has 2 aromatic carbocycles. The maximum Gasteiger partial charge on any atom is 0.264 e. The number of nitrogens with zero attached hydrogens (tertiary/aromatic N) is 1. The van der Waals surface area contributed by atoms with Gasteiger partial charge in [-0.25, -0.2) is 0 Å². The lowest BCUT2D eigenvalue weighted by Crippen LogP contribution is -2.35. The lowest BCUT2D eigenvalue weighted by molar-refractivity contribution is -0.116. The molecule has 1 aromatic heterocycles. The predicted octanol–water partition coefficient (Wildman–Crippen LogP) is 4.91. The van der Waals surface area contributed by atoms with E-state index in [-0.39, 0.29) is 11.8 Å². The normalized spacial score (nSPS) is 13.0. The Bertz CT molecular complexity index is 983. The topological polar surface area (TPSA) is 49.4 Å². The van der Waals surface area contributed by atoms with Crippen LogP contribution < -0.4 is 5.32 Å². The average molecular weight is 405 g/mol. The van der Waals surface area contributed by atoms with Gasteiger partial charge in [-0.3, -0.25) is 9.59 Å². The molecule has 0 saturated heterocycles. The minimum absolute atomic E-state index is 0.0307. The first-order chi connectivity index (χ1) is 14.2. The zero-order valence-electron chi connectivity index (χ0n) is 16.3. The highest BCUT2D eigenvalue weighted by Crippen LogP contribution is 2.25. The van der Waals surface area contributed by atoms with Crippen molar-refractivity contribution >= 4 is 28.8 Å². The SMILES string of the molecule is O=C(CCCc1ccccc1)Nc1ccc2c(c1)CN(C(=O)c1cccs1)CC2. The van der Waals surface area contributed by atoms with Gasteiger partial charge in [0.05, 0.1) is 4.88 Å². The number of benzene rings is 2. The summed E-state index contributed by atoms with van der Waals surface area (Å²) in [6.45, 7) is 1.32. The molecule has 5 heteroatoms. The predicted molar refractivity (Wildman–Crippen MR) is 117 cm³/mol. The van der Waals surface area contributed by atoms with Gasteiger partial charge in [-0.15, -0.1) is 11.3 Å². The molecule has 1 aliphatic rings. The van der Waals surface area contributed by atoms with E-state index >= 15 is 0 Å². The second-order valence-electron chi connectivity index (χ2n) is 7.32. The first-order valence-corrected chi connectivity index (χ1v) is 10.9.